The molecule has 3 N–H and O–H groups in total. The van der Waals surface area contributed by atoms with Crippen molar-refractivity contribution in [3.05, 3.63) is 28.7 Å². The predicted molar refractivity (Wildman–Crippen MR) is 78.4 cm³/mol. The number of hydrogen-bond acceptors (Lipinski definition) is 4. The molecule has 1 rings (SSSR count). The summed E-state index contributed by atoms with van der Waals surface area (Å²) in [5, 5.41) is 2.75. The predicted octanol–water partition coefficient (Wildman–Crippen LogP) is 0.609. The second-order valence-corrected chi connectivity index (χ2v) is 5.10. The van der Waals surface area contributed by atoms with E-state index in [9.17, 15) is 9.59 Å². The Balaban J connectivity index is 2.23. The normalized spacial score (nSPS) is 10.8. The van der Waals surface area contributed by atoms with Gasteiger partial charge in [-0.3, -0.25) is 9.59 Å². The second-order valence-electron chi connectivity index (χ2n) is 5.10. The molecule has 1 heterocycles. The summed E-state index contributed by atoms with van der Waals surface area (Å²) < 4.78 is 6.70. The maximum absolute atomic E-state index is 11.7. The van der Waals surface area contributed by atoms with E-state index in [-0.39, 0.29) is 18.0 Å². The summed E-state index contributed by atoms with van der Waals surface area (Å²) in [7, 11) is 0. The van der Waals surface area contributed by atoms with Gasteiger partial charge in [0.2, 0.25) is 5.91 Å². The summed E-state index contributed by atoms with van der Waals surface area (Å²) in [6, 6.07) is 2.87. The number of ether oxygens (including phenoxy) is 1. The van der Waals surface area contributed by atoms with Gasteiger partial charge in [0.05, 0.1) is 0 Å². The van der Waals surface area contributed by atoms with E-state index in [1.54, 1.807) is 0 Å². The van der Waals surface area contributed by atoms with Gasteiger partial charge in [0.15, 0.2) is 0 Å². The van der Waals surface area contributed by atoms with Gasteiger partial charge in [-0.2, -0.15) is 0 Å². The van der Waals surface area contributed by atoms with Crippen molar-refractivity contribution in [3.8, 4) is 0 Å². The van der Waals surface area contributed by atoms with Crippen LogP contribution in [-0.4, -0.2) is 30.2 Å². The van der Waals surface area contributed by atoms with E-state index >= 15 is 0 Å². The molecule has 0 aliphatic rings. The number of carbonyl (C=O) groups excluding carboxylic acids is 1. The first kappa shape index (κ1) is 16.2. The van der Waals surface area contributed by atoms with E-state index in [1.165, 1.54) is 22.9 Å². The van der Waals surface area contributed by atoms with Crippen LogP contribution in [0.2, 0.25) is 0 Å². The van der Waals surface area contributed by atoms with E-state index in [2.05, 4.69) is 19.2 Å². The standard InChI is InChI=1S/C14H23N3O3/c1-11(2)10-20-7-3-6-16-13(18)9-17-8-12(15)4-5-14(17)19/h4-5,8,11H,3,6-7,9-10,15H2,1-2H3,(H,16,18). The highest BCUT2D eigenvalue weighted by atomic mass is 16.5. The molecule has 20 heavy (non-hydrogen) atoms. The lowest BCUT2D eigenvalue weighted by Crippen LogP contribution is -2.32. The molecule has 0 atom stereocenters. The van der Waals surface area contributed by atoms with Crippen molar-refractivity contribution in [1.29, 1.82) is 0 Å². The molecule has 0 aliphatic heterocycles. The van der Waals surface area contributed by atoms with Gasteiger partial charge in [0, 0.05) is 37.7 Å². The molecule has 0 aromatic carbocycles. The lowest BCUT2D eigenvalue weighted by atomic mass is 10.2. The van der Waals surface area contributed by atoms with Gasteiger partial charge >= 0.3 is 0 Å². The highest BCUT2D eigenvalue weighted by Crippen LogP contribution is 1.95. The van der Waals surface area contributed by atoms with Crippen LogP contribution >= 0.6 is 0 Å². The summed E-state index contributed by atoms with van der Waals surface area (Å²) in [6.45, 7) is 6.05. The van der Waals surface area contributed by atoms with Crippen LogP contribution < -0.4 is 16.6 Å². The number of rotatable bonds is 8. The van der Waals surface area contributed by atoms with Gasteiger partial charge in [-0.1, -0.05) is 13.8 Å². The van der Waals surface area contributed by atoms with Gasteiger partial charge < -0.3 is 20.4 Å². The third kappa shape index (κ3) is 6.38. The van der Waals surface area contributed by atoms with Crippen LogP contribution in [0.4, 0.5) is 5.69 Å². The number of pyridine rings is 1. The Labute approximate surface area is 118 Å². The van der Waals surface area contributed by atoms with E-state index < -0.39 is 0 Å². The van der Waals surface area contributed by atoms with Crippen molar-refractivity contribution in [1.82, 2.24) is 9.88 Å². The summed E-state index contributed by atoms with van der Waals surface area (Å²) >= 11 is 0. The molecule has 0 unspecified atom stereocenters. The molecule has 112 valence electrons. The SMILES string of the molecule is CC(C)COCCCNC(=O)Cn1cc(N)ccc1=O. The Bertz CT molecular complexity index is 483. The number of amides is 1. The summed E-state index contributed by atoms with van der Waals surface area (Å²) in [6.07, 6.45) is 2.22. The quantitative estimate of drug-likeness (QED) is 0.684. The maximum atomic E-state index is 11.7. The summed E-state index contributed by atoms with van der Waals surface area (Å²) in [5.74, 6) is 0.307. The Morgan fingerprint density at radius 3 is 2.90 bits per heavy atom. The minimum Gasteiger partial charge on any atom is -0.398 e. The van der Waals surface area contributed by atoms with Crippen LogP contribution in [0, 0.1) is 5.92 Å². The molecule has 0 aliphatic carbocycles. The van der Waals surface area contributed by atoms with Crippen LogP contribution in [0.25, 0.3) is 0 Å². The van der Waals surface area contributed by atoms with Gasteiger partial charge in [-0.25, -0.2) is 0 Å². The molecule has 1 aromatic heterocycles. The third-order valence-corrected chi connectivity index (χ3v) is 2.56. The van der Waals surface area contributed by atoms with Crippen molar-refractivity contribution in [3.63, 3.8) is 0 Å². The maximum Gasteiger partial charge on any atom is 0.251 e. The summed E-state index contributed by atoms with van der Waals surface area (Å²) in [4.78, 5) is 23.2. The van der Waals surface area contributed by atoms with Crippen LogP contribution in [0.15, 0.2) is 23.1 Å². The Morgan fingerprint density at radius 2 is 2.20 bits per heavy atom. The zero-order chi connectivity index (χ0) is 15.0. The van der Waals surface area contributed by atoms with E-state index in [4.69, 9.17) is 10.5 Å². The fourth-order valence-electron chi connectivity index (χ4n) is 1.61. The van der Waals surface area contributed by atoms with Crippen LogP contribution in [-0.2, 0) is 16.1 Å². The first-order valence-electron chi connectivity index (χ1n) is 6.79. The van der Waals surface area contributed by atoms with Crippen molar-refractivity contribution in [2.75, 3.05) is 25.5 Å². The Hall–Kier alpha value is -1.82. The number of hydrogen-bond donors (Lipinski definition) is 2. The number of nitrogens with one attached hydrogen (secondary N) is 1. The average molecular weight is 281 g/mol. The number of carbonyl (C=O) groups is 1. The van der Waals surface area contributed by atoms with Crippen LogP contribution in [0.3, 0.4) is 0 Å². The van der Waals surface area contributed by atoms with Crippen molar-refractivity contribution >= 4 is 11.6 Å². The number of nitrogens with zero attached hydrogens (tertiary/aromatic N) is 1. The first-order valence-corrected chi connectivity index (χ1v) is 6.79. The molecule has 1 aromatic rings. The highest BCUT2D eigenvalue weighted by molar-refractivity contribution is 5.75. The van der Waals surface area contributed by atoms with Crippen LogP contribution in [0.1, 0.15) is 20.3 Å². The van der Waals surface area contributed by atoms with Gasteiger partial charge in [-0.05, 0) is 18.4 Å². The lowest BCUT2D eigenvalue weighted by molar-refractivity contribution is -0.121. The molecule has 0 radical (unpaired) electrons. The molecule has 6 nitrogen and oxygen atoms in total. The van der Waals surface area contributed by atoms with Gasteiger partial charge in [0.25, 0.3) is 5.56 Å². The Morgan fingerprint density at radius 1 is 1.45 bits per heavy atom. The van der Waals surface area contributed by atoms with E-state index in [0.29, 0.717) is 24.8 Å². The zero-order valence-corrected chi connectivity index (χ0v) is 12.1. The van der Waals surface area contributed by atoms with Crippen molar-refractivity contribution < 1.29 is 9.53 Å². The largest absolute Gasteiger partial charge is 0.398 e. The van der Waals surface area contributed by atoms with Crippen molar-refractivity contribution in [2.45, 2.75) is 26.8 Å². The number of anilines is 1. The molecule has 0 fully saturated rings. The molecule has 0 saturated heterocycles. The van der Waals surface area contributed by atoms with Gasteiger partial charge in [0.1, 0.15) is 6.54 Å². The monoisotopic (exact) mass is 281 g/mol. The third-order valence-electron chi connectivity index (χ3n) is 2.56. The summed E-state index contributed by atoms with van der Waals surface area (Å²) in [5.41, 5.74) is 5.79. The second kappa shape index (κ2) is 8.37. The molecule has 0 spiro atoms. The topological polar surface area (TPSA) is 86.3 Å². The average Bonchev–Trinajstić information content (AvgIpc) is 2.37. The number of aromatic nitrogens is 1. The molecular formula is C14H23N3O3. The number of nitrogens with two attached hydrogens (primary N) is 1. The van der Waals surface area contributed by atoms with E-state index in [1.807, 2.05) is 0 Å². The van der Waals surface area contributed by atoms with E-state index in [0.717, 1.165) is 13.0 Å². The molecule has 0 bridgehead atoms. The lowest BCUT2D eigenvalue weighted by Gasteiger charge is -2.09. The minimum absolute atomic E-state index is 0.0171. The fraction of sp³-hybridized carbons (Fsp3) is 0.571. The van der Waals surface area contributed by atoms with Crippen molar-refractivity contribution in [2.24, 2.45) is 5.92 Å². The highest BCUT2D eigenvalue weighted by Gasteiger charge is 2.04. The van der Waals surface area contributed by atoms with Gasteiger partial charge in [-0.15, -0.1) is 0 Å². The molecule has 0 saturated carbocycles. The minimum atomic E-state index is -0.241. The smallest absolute Gasteiger partial charge is 0.251 e. The zero-order valence-electron chi connectivity index (χ0n) is 12.1. The molecule has 6 heteroatoms. The van der Waals surface area contributed by atoms with Crippen LogP contribution in [0.5, 0.6) is 0 Å². The molecule has 1 amide bonds. The molecular weight excluding hydrogens is 258 g/mol. The fourth-order valence-corrected chi connectivity index (χ4v) is 1.61. The Kier molecular flexibility index (Phi) is 6.79. The number of nitrogen functional groups attached to an aromatic ring is 1. The first-order chi connectivity index (χ1) is 9.49.